The largest absolute Gasteiger partial charge is 0.481 e. The Hall–Kier alpha value is -0.780. The number of aliphatic carboxylic acids is 1. The minimum absolute atomic E-state index is 0.0602. The van der Waals surface area contributed by atoms with Gasteiger partial charge in [-0.05, 0) is 25.8 Å². The molecule has 1 rings (SSSR count). The summed E-state index contributed by atoms with van der Waals surface area (Å²) in [6, 6.07) is -0.280. The lowest BCUT2D eigenvalue weighted by Crippen LogP contribution is -2.47. The van der Waals surface area contributed by atoms with Crippen molar-refractivity contribution in [3.8, 4) is 0 Å². The molecular weight excluding hydrogens is 235 g/mol. The number of hydrogen-bond donors (Lipinski definition) is 1. The average Bonchev–Trinajstić information content (AvgIpc) is 2.24. The van der Waals surface area contributed by atoms with E-state index in [0.717, 1.165) is 0 Å². The number of nitrogens with zero attached hydrogens (tertiary/aromatic N) is 1. The van der Waals surface area contributed by atoms with Crippen molar-refractivity contribution in [3.05, 3.63) is 0 Å². The number of hydrogen-bond acceptors (Lipinski definition) is 2. The maximum Gasteiger partial charge on any atom is 0.393 e. The van der Waals surface area contributed by atoms with Crippen LogP contribution < -0.4 is 0 Å². The molecule has 0 saturated carbocycles. The van der Waals surface area contributed by atoms with Crippen molar-refractivity contribution in [1.29, 1.82) is 0 Å². The summed E-state index contributed by atoms with van der Waals surface area (Å²) in [5.74, 6) is -2.26. The van der Waals surface area contributed by atoms with Crippen molar-refractivity contribution in [2.45, 2.75) is 44.8 Å². The van der Waals surface area contributed by atoms with Crippen LogP contribution in [0.4, 0.5) is 13.2 Å². The summed E-state index contributed by atoms with van der Waals surface area (Å²) in [6.07, 6.45) is -3.04. The molecule has 0 aromatic heterocycles. The van der Waals surface area contributed by atoms with E-state index in [-0.39, 0.29) is 25.4 Å². The minimum Gasteiger partial charge on any atom is -0.481 e. The lowest BCUT2D eigenvalue weighted by Gasteiger charge is -2.38. The average molecular weight is 253 g/mol. The van der Waals surface area contributed by atoms with Crippen LogP contribution in [0.5, 0.6) is 0 Å². The molecule has 1 fully saturated rings. The fourth-order valence-electron chi connectivity index (χ4n) is 2.34. The maximum absolute atomic E-state index is 12.6. The number of carboxylic acids is 1. The van der Waals surface area contributed by atoms with Gasteiger partial charge in [0.15, 0.2) is 0 Å². The maximum atomic E-state index is 12.6. The Morgan fingerprint density at radius 3 is 2.65 bits per heavy atom. The first-order chi connectivity index (χ1) is 7.84. The molecule has 2 atom stereocenters. The zero-order valence-corrected chi connectivity index (χ0v) is 9.83. The molecule has 100 valence electrons. The first-order valence-corrected chi connectivity index (χ1v) is 5.87. The smallest absolute Gasteiger partial charge is 0.393 e. The Kier molecular flexibility index (Phi) is 4.80. The highest BCUT2D eigenvalue weighted by atomic mass is 19.4. The number of likely N-dealkylation sites (tertiary alicyclic amines) is 1. The van der Waals surface area contributed by atoms with Gasteiger partial charge in [-0.2, -0.15) is 13.2 Å². The quantitative estimate of drug-likeness (QED) is 0.837. The highest BCUT2D eigenvalue weighted by Crippen LogP contribution is 2.34. The first kappa shape index (κ1) is 14.3. The summed E-state index contributed by atoms with van der Waals surface area (Å²) in [6.45, 7) is 2.32. The fourth-order valence-corrected chi connectivity index (χ4v) is 2.34. The number of carboxylic acid groups (broad SMARTS) is 1. The van der Waals surface area contributed by atoms with Crippen LogP contribution in [0.25, 0.3) is 0 Å². The van der Waals surface area contributed by atoms with Crippen LogP contribution in [-0.2, 0) is 4.79 Å². The topological polar surface area (TPSA) is 40.5 Å². The minimum atomic E-state index is -4.17. The first-order valence-electron chi connectivity index (χ1n) is 5.87. The predicted molar refractivity (Wildman–Crippen MR) is 56.7 cm³/mol. The molecular formula is C11H18F3NO2. The fraction of sp³-hybridized carbons (Fsp3) is 0.909. The molecule has 1 aliphatic rings. The second-order valence-electron chi connectivity index (χ2n) is 4.54. The predicted octanol–water partition coefficient (Wildman–Crippen LogP) is 2.51. The van der Waals surface area contributed by atoms with E-state index in [4.69, 9.17) is 5.11 Å². The SMILES string of the molecule is CCC(CC(=O)O)N1CCCC(C(F)(F)F)C1. The Bertz CT molecular complexity index is 268. The van der Waals surface area contributed by atoms with Crippen molar-refractivity contribution in [2.24, 2.45) is 5.92 Å². The van der Waals surface area contributed by atoms with Gasteiger partial charge in [0.2, 0.25) is 0 Å². The van der Waals surface area contributed by atoms with Crippen LogP contribution in [0.3, 0.4) is 0 Å². The molecule has 1 saturated heterocycles. The molecule has 0 radical (unpaired) electrons. The van der Waals surface area contributed by atoms with Crippen molar-refractivity contribution in [3.63, 3.8) is 0 Å². The van der Waals surface area contributed by atoms with Gasteiger partial charge < -0.3 is 5.11 Å². The molecule has 0 aromatic carbocycles. The lowest BCUT2D eigenvalue weighted by molar-refractivity contribution is -0.188. The van der Waals surface area contributed by atoms with E-state index in [1.807, 2.05) is 6.92 Å². The summed E-state index contributed by atoms with van der Waals surface area (Å²) in [5, 5.41) is 8.72. The van der Waals surface area contributed by atoms with E-state index in [1.54, 1.807) is 4.90 Å². The summed E-state index contributed by atoms with van der Waals surface area (Å²) in [4.78, 5) is 12.3. The standard InChI is InChI=1S/C11H18F3NO2/c1-2-9(6-10(16)17)15-5-3-4-8(7-15)11(12,13)14/h8-9H,2-7H2,1H3,(H,16,17). The van der Waals surface area contributed by atoms with Gasteiger partial charge in [-0.1, -0.05) is 6.92 Å². The van der Waals surface area contributed by atoms with E-state index >= 15 is 0 Å². The van der Waals surface area contributed by atoms with Gasteiger partial charge >= 0.3 is 12.1 Å². The third-order valence-electron chi connectivity index (χ3n) is 3.31. The van der Waals surface area contributed by atoms with Gasteiger partial charge in [-0.15, -0.1) is 0 Å². The molecule has 6 heteroatoms. The van der Waals surface area contributed by atoms with Crippen molar-refractivity contribution >= 4 is 5.97 Å². The second kappa shape index (κ2) is 5.71. The highest BCUT2D eigenvalue weighted by Gasteiger charge is 2.42. The highest BCUT2D eigenvalue weighted by molar-refractivity contribution is 5.67. The van der Waals surface area contributed by atoms with Gasteiger partial charge in [-0.3, -0.25) is 9.69 Å². The zero-order valence-electron chi connectivity index (χ0n) is 9.83. The van der Waals surface area contributed by atoms with Gasteiger partial charge in [-0.25, -0.2) is 0 Å². The van der Waals surface area contributed by atoms with E-state index in [0.29, 0.717) is 19.4 Å². The summed E-state index contributed by atoms with van der Waals surface area (Å²) in [7, 11) is 0. The number of carbonyl (C=O) groups is 1. The third-order valence-corrected chi connectivity index (χ3v) is 3.31. The van der Waals surface area contributed by atoms with E-state index < -0.39 is 18.1 Å². The number of piperidine rings is 1. The Morgan fingerprint density at radius 2 is 2.18 bits per heavy atom. The molecule has 0 amide bonds. The molecule has 1 N–H and O–H groups in total. The Labute approximate surface area is 98.6 Å². The van der Waals surface area contributed by atoms with Crippen molar-refractivity contribution in [1.82, 2.24) is 4.90 Å². The molecule has 3 nitrogen and oxygen atoms in total. The number of alkyl halides is 3. The second-order valence-corrected chi connectivity index (χ2v) is 4.54. The molecule has 0 aliphatic carbocycles. The van der Waals surface area contributed by atoms with E-state index in [9.17, 15) is 18.0 Å². The van der Waals surface area contributed by atoms with E-state index in [2.05, 4.69) is 0 Å². The zero-order chi connectivity index (χ0) is 13.1. The molecule has 1 heterocycles. The molecule has 2 unspecified atom stereocenters. The van der Waals surface area contributed by atoms with Crippen molar-refractivity contribution < 1.29 is 23.1 Å². The molecule has 0 aromatic rings. The van der Waals surface area contributed by atoms with Crippen LogP contribution in [0.15, 0.2) is 0 Å². The third kappa shape index (κ3) is 4.18. The van der Waals surface area contributed by atoms with Crippen LogP contribution in [-0.4, -0.2) is 41.3 Å². The van der Waals surface area contributed by atoms with Crippen molar-refractivity contribution in [2.75, 3.05) is 13.1 Å². The molecule has 0 bridgehead atoms. The Morgan fingerprint density at radius 1 is 1.53 bits per heavy atom. The summed E-state index contributed by atoms with van der Waals surface area (Å²) in [5.41, 5.74) is 0. The summed E-state index contributed by atoms with van der Waals surface area (Å²) >= 11 is 0. The van der Waals surface area contributed by atoms with Crippen LogP contribution in [0.2, 0.25) is 0 Å². The number of rotatable bonds is 4. The molecule has 17 heavy (non-hydrogen) atoms. The number of halogens is 3. The normalized spacial score (nSPS) is 24.6. The monoisotopic (exact) mass is 253 g/mol. The van der Waals surface area contributed by atoms with Gasteiger partial charge in [0.1, 0.15) is 0 Å². The van der Waals surface area contributed by atoms with Crippen LogP contribution in [0, 0.1) is 5.92 Å². The molecule has 1 aliphatic heterocycles. The van der Waals surface area contributed by atoms with Crippen LogP contribution >= 0.6 is 0 Å². The Balaban J connectivity index is 2.61. The van der Waals surface area contributed by atoms with Gasteiger partial charge in [0.05, 0.1) is 12.3 Å². The summed E-state index contributed by atoms with van der Waals surface area (Å²) < 4.78 is 37.8. The molecule has 0 spiro atoms. The lowest BCUT2D eigenvalue weighted by atomic mass is 9.95. The van der Waals surface area contributed by atoms with Gasteiger partial charge in [0.25, 0.3) is 0 Å². The van der Waals surface area contributed by atoms with Crippen LogP contribution in [0.1, 0.15) is 32.6 Å². The van der Waals surface area contributed by atoms with E-state index in [1.165, 1.54) is 0 Å². The van der Waals surface area contributed by atoms with Gasteiger partial charge in [0, 0.05) is 12.6 Å².